The van der Waals surface area contributed by atoms with E-state index >= 15 is 0 Å². The lowest BCUT2D eigenvalue weighted by Crippen LogP contribution is -2.46. The lowest BCUT2D eigenvalue weighted by Gasteiger charge is -2.37. The predicted molar refractivity (Wildman–Crippen MR) is 137 cm³/mol. The molecule has 0 unspecified atom stereocenters. The molecule has 3 aromatic carbocycles. The first-order valence-corrected chi connectivity index (χ1v) is 11.4. The Balaban J connectivity index is 0.00000306. The van der Waals surface area contributed by atoms with Gasteiger partial charge in [0.25, 0.3) is 5.91 Å². The van der Waals surface area contributed by atoms with E-state index in [-0.39, 0.29) is 24.1 Å². The first kappa shape index (κ1) is 24.8. The summed E-state index contributed by atoms with van der Waals surface area (Å²) >= 11 is 0. The minimum Gasteiger partial charge on any atom is -0.507 e. The van der Waals surface area contributed by atoms with Gasteiger partial charge in [-0.2, -0.15) is 0 Å². The number of hydrogen-bond acceptors (Lipinski definition) is 3. The summed E-state index contributed by atoms with van der Waals surface area (Å²) in [6.45, 7) is 4.56. The quantitative estimate of drug-likeness (QED) is 0.518. The van der Waals surface area contributed by atoms with E-state index in [4.69, 9.17) is 0 Å². The van der Waals surface area contributed by atoms with Gasteiger partial charge >= 0.3 is 0 Å². The smallest absolute Gasteiger partial charge is 0.253 e. The summed E-state index contributed by atoms with van der Waals surface area (Å²) in [5, 5.41) is 10.6. The van der Waals surface area contributed by atoms with E-state index in [1.165, 1.54) is 11.1 Å². The number of amides is 1. The number of likely N-dealkylation sites (N-methyl/N-ethyl adjacent to an activating group) is 1. The number of hydrogen-bond donors (Lipinski definition) is 1. The van der Waals surface area contributed by atoms with Crippen molar-refractivity contribution in [2.75, 3.05) is 26.7 Å². The Bertz CT molecular complexity index is 1050. The molecule has 1 heterocycles. The molecule has 5 heteroatoms. The van der Waals surface area contributed by atoms with Crippen LogP contribution in [0.2, 0.25) is 0 Å². The molecule has 1 saturated heterocycles. The van der Waals surface area contributed by atoms with E-state index in [0.717, 1.165) is 50.0 Å². The Morgan fingerprint density at radius 1 is 1.00 bits per heavy atom. The highest BCUT2D eigenvalue weighted by molar-refractivity contribution is 5.95. The molecule has 1 amide bonds. The first-order valence-electron chi connectivity index (χ1n) is 11.4. The number of halogens is 1. The molecular weight excluding hydrogens is 432 g/mol. The number of rotatable bonds is 6. The summed E-state index contributed by atoms with van der Waals surface area (Å²) in [7, 11) is 2.19. The maximum Gasteiger partial charge on any atom is 0.253 e. The molecule has 0 aliphatic carbocycles. The normalized spacial score (nSPS) is 14.2. The van der Waals surface area contributed by atoms with Crippen molar-refractivity contribution in [3.63, 3.8) is 0 Å². The van der Waals surface area contributed by atoms with Gasteiger partial charge in [0.15, 0.2) is 0 Å². The summed E-state index contributed by atoms with van der Waals surface area (Å²) < 4.78 is 0. The van der Waals surface area contributed by atoms with Crippen molar-refractivity contribution >= 4 is 18.3 Å². The molecule has 0 atom stereocenters. The Morgan fingerprint density at radius 3 is 2.30 bits per heavy atom. The summed E-state index contributed by atoms with van der Waals surface area (Å²) in [6, 6.07) is 24.4. The van der Waals surface area contributed by atoms with Gasteiger partial charge in [-0.25, -0.2) is 0 Å². The average molecular weight is 465 g/mol. The van der Waals surface area contributed by atoms with Crippen molar-refractivity contribution in [2.24, 2.45) is 0 Å². The van der Waals surface area contributed by atoms with E-state index in [1.807, 2.05) is 48.2 Å². The largest absolute Gasteiger partial charge is 0.507 e. The van der Waals surface area contributed by atoms with Gasteiger partial charge in [-0.15, -0.1) is 12.4 Å². The second-order valence-electron chi connectivity index (χ2n) is 8.84. The zero-order valence-corrected chi connectivity index (χ0v) is 20.2. The van der Waals surface area contributed by atoms with Gasteiger partial charge in [-0.3, -0.25) is 4.79 Å². The lowest BCUT2D eigenvalue weighted by molar-refractivity contribution is 0.0646. The van der Waals surface area contributed by atoms with Crippen LogP contribution < -0.4 is 0 Å². The summed E-state index contributed by atoms with van der Waals surface area (Å²) in [4.78, 5) is 17.4. The minimum absolute atomic E-state index is 0. The molecule has 1 fully saturated rings. The number of nitrogens with zero attached hydrogens (tertiary/aromatic N) is 2. The molecule has 0 spiro atoms. The van der Waals surface area contributed by atoms with Crippen LogP contribution in [0.4, 0.5) is 0 Å². The van der Waals surface area contributed by atoms with Crippen molar-refractivity contribution in [1.82, 2.24) is 9.80 Å². The number of carbonyl (C=O) groups is 1. The van der Waals surface area contributed by atoms with Crippen LogP contribution in [0.15, 0.2) is 72.8 Å². The number of aryl methyl sites for hydroxylation is 1. The van der Waals surface area contributed by atoms with E-state index in [0.29, 0.717) is 11.6 Å². The molecule has 4 nitrogen and oxygen atoms in total. The van der Waals surface area contributed by atoms with Gasteiger partial charge in [-0.1, -0.05) is 60.2 Å². The van der Waals surface area contributed by atoms with Crippen LogP contribution in [-0.2, 0) is 6.42 Å². The SMILES string of the molecule is Cc1ccc(-c2ccc(C(=O)N3CCC(N(C)CCc4ccccc4)CC3)cc2O)cc1.Cl. The average Bonchev–Trinajstić information content (AvgIpc) is 2.83. The van der Waals surface area contributed by atoms with Crippen LogP contribution in [0.1, 0.15) is 34.3 Å². The standard InChI is InChI=1S/C28H32N2O2.ClH/c1-21-8-10-23(11-9-21)26-13-12-24(20-27(26)31)28(32)30-18-15-25(16-19-30)29(2)17-14-22-6-4-3-5-7-22;/h3-13,20,25,31H,14-19H2,1-2H3;1H. The molecule has 1 aliphatic rings. The zero-order chi connectivity index (χ0) is 22.5. The molecule has 0 saturated carbocycles. The Hall–Kier alpha value is -2.82. The zero-order valence-electron chi connectivity index (χ0n) is 19.4. The van der Waals surface area contributed by atoms with Gasteiger partial charge in [-0.05, 0) is 62.6 Å². The fourth-order valence-electron chi connectivity index (χ4n) is 4.47. The van der Waals surface area contributed by atoms with E-state index in [9.17, 15) is 9.90 Å². The molecular formula is C28H33ClN2O2. The molecule has 1 aliphatic heterocycles. The molecule has 4 rings (SSSR count). The van der Waals surface area contributed by atoms with Crippen molar-refractivity contribution in [3.05, 3.63) is 89.5 Å². The Labute approximate surface area is 203 Å². The number of piperidine rings is 1. The summed E-state index contributed by atoms with van der Waals surface area (Å²) in [5.74, 6) is 0.149. The van der Waals surface area contributed by atoms with Crippen LogP contribution in [-0.4, -0.2) is 53.5 Å². The second-order valence-corrected chi connectivity index (χ2v) is 8.84. The maximum atomic E-state index is 13.0. The Kier molecular flexibility index (Phi) is 8.54. The van der Waals surface area contributed by atoms with Crippen LogP contribution in [0, 0.1) is 6.92 Å². The molecule has 0 bridgehead atoms. The molecule has 3 aromatic rings. The van der Waals surface area contributed by atoms with Crippen molar-refractivity contribution < 1.29 is 9.90 Å². The molecule has 0 aromatic heterocycles. The number of likely N-dealkylation sites (tertiary alicyclic amines) is 1. The van der Waals surface area contributed by atoms with Crippen LogP contribution in [0.5, 0.6) is 5.75 Å². The maximum absolute atomic E-state index is 13.0. The topological polar surface area (TPSA) is 43.8 Å². The third kappa shape index (κ3) is 6.16. The monoisotopic (exact) mass is 464 g/mol. The molecule has 1 N–H and O–H groups in total. The summed E-state index contributed by atoms with van der Waals surface area (Å²) in [6.07, 6.45) is 3.00. The molecule has 0 radical (unpaired) electrons. The Morgan fingerprint density at radius 2 is 1.67 bits per heavy atom. The van der Waals surface area contributed by atoms with Crippen molar-refractivity contribution in [2.45, 2.75) is 32.2 Å². The number of aromatic hydroxyl groups is 1. The highest BCUT2D eigenvalue weighted by atomic mass is 35.5. The van der Waals surface area contributed by atoms with Crippen LogP contribution >= 0.6 is 12.4 Å². The number of phenolic OH excluding ortho intramolecular Hbond substituents is 1. The molecule has 33 heavy (non-hydrogen) atoms. The van der Waals surface area contributed by atoms with Gasteiger partial charge in [0, 0.05) is 36.8 Å². The lowest BCUT2D eigenvalue weighted by atomic mass is 9.99. The van der Waals surface area contributed by atoms with E-state index in [1.54, 1.807) is 6.07 Å². The van der Waals surface area contributed by atoms with Gasteiger partial charge < -0.3 is 14.9 Å². The highest BCUT2D eigenvalue weighted by Gasteiger charge is 2.26. The van der Waals surface area contributed by atoms with Crippen molar-refractivity contribution in [1.29, 1.82) is 0 Å². The predicted octanol–water partition coefficient (Wildman–Crippen LogP) is 5.57. The fraction of sp³-hybridized carbons (Fsp3) is 0.321. The van der Waals surface area contributed by atoms with Gasteiger partial charge in [0.1, 0.15) is 5.75 Å². The third-order valence-corrected chi connectivity index (χ3v) is 6.58. The first-order chi connectivity index (χ1) is 15.5. The fourth-order valence-corrected chi connectivity index (χ4v) is 4.47. The van der Waals surface area contributed by atoms with Gasteiger partial charge in [0.05, 0.1) is 0 Å². The number of phenols is 1. The second kappa shape index (κ2) is 11.4. The van der Waals surface area contributed by atoms with E-state index in [2.05, 4.69) is 42.3 Å². The summed E-state index contributed by atoms with van der Waals surface area (Å²) in [5.41, 5.74) is 4.79. The minimum atomic E-state index is 0. The highest BCUT2D eigenvalue weighted by Crippen LogP contribution is 2.31. The van der Waals surface area contributed by atoms with Gasteiger partial charge in [0.2, 0.25) is 0 Å². The third-order valence-electron chi connectivity index (χ3n) is 6.58. The van der Waals surface area contributed by atoms with Crippen molar-refractivity contribution in [3.8, 4) is 16.9 Å². The van der Waals surface area contributed by atoms with E-state index < -0.39 is 0 Å². The molecule has 174 valence electrons. The van der Waals surface area contributed by atoms with Crippen LogP contribution in [0.25, 0.3) is 11.1 Å². The number of benzene rings is 3. The van der Waals surface area contributed by atoms with Crippen LogP contribution in [0.3, 0.4) is 0 Å². The number of carbonyl (C=O) groups excluding carboxylic acids is 1.